The van der Waals surface area contributed by atoms with Crippen molar-refractivity contribution in [1.29, 1.82) is 0 Å². The van der Waals surface area contributed by atoms with Crippen LogP contribution in [0.3, 0.4) is 0 Å². The second-order valence-corrected chi connectivity index (χ2v) is 5.60. The number of carbonyl (C=O) groups is 1. The maximum atomic E-state index is 12.0. The molecule has 1 N–H and O–H groups in total. The van der Waals surface area contributed by atoms with Crippen molar-refractivity contribution in [3.05, 3.63) is 42.2 Å². The zero-order chi connectivity index (χ0) is 17.1. The third-order valence-electron chi connectivity index (χ3n) is 3.93. The number of fused-ring (bicyclic) bond motifs is 1. The van der Waals surface area contributed by atoms with Crippen molar-refractivity contribution >= 4 is 5.91 Å². The molecule has 3 heterocycles. The van der Waals surface area contributed by atoms with Gasteiger partial charge in [0.25, 0.3) is 5.91 Å². The Morgan fingerprint density at radius 1 is 1.32 bits per heavy atom. The number of hydrogen-bond acceptors (Lipinski definition) is 7. The lowest BCUT2D eigenvalue weighted by atomic mass is 10.3. The average molecular weight is 340 g/mol. The zero-order valence-electron chi connectivity index (χ0n) is 13.4. The van der Waals surface area contributed by atoms with Crippen LogP contribution in [-0.4, -0.2) is 47.5 Å². The van der Waals surface area contributed by atoms with Gasteiger partial charge in [-0.1, -0.05) is 6.07 Å². The van der Waals surface area contributed by atoms with Crippen LogP contribution in [0, 0.1) is 0 Å². The standard InChI is InChI=1S/C15H16N8O2/c24-15(16-8-14-19-18-13-5-2-6-22(13)14)9-25-12-4-1-3-11(7-12)23-10-17-20-21-23/h1,3-4,7,10H,2,5-6,8-9H2,(H,16,24). The van der Waals surface area contributed by atoms with Crippen LogP contribution in [0.15, 0.2) is 30.6 Å². The Morgan fingerprint density at radius 3 is 3.16 bits per heavy atom. The minimum Gasteiger partial charge on any atom is -0.484 e. The van der Waals surface area contributed by atoms with E-state index < -0.39 is 0 Å². The fourth-order valence-corrected chi connectivity index (χ4v) is 2.71. The van der Waals surface area contributed by atoms with Crippen molar-refractivity contribution in [2.24, 2.45) is 0 Å². The summed E-state index contributed by atoms with van der Waals surface area (Å²) < 4.78 is 9.10. The van der Waals surface area contributed by atoms with Gasteiger partial charge in [-0.15, -0.1) is 15.3 Å². The molecule has 0 bridgehead atoms. The van der Waals surface area contributed by atoms with Crippen LogP contribution < -0.4 is 10.1 Å². The number of nitrogens with zero attached hydrogens (tertiary/aromatic N) is 7. The Balaban J connectivity index is 1.31. The first kappa shape index (κ1) is 15.2. The number of amides is 1. The molecular formula is C15H16N8O2. The van der Waals surface area contributed by atoms with Gasteiger partial charge in [-0.25, -0.2) is 4.68 Å². The van der Waals surface area contributed by atoms with Crippen LogP contribution in [-0.2, 0) is 24.3 Å². The van der Waals surface area contributed by atoms with Crippen LogP contribution >= 0.6 is 0 Å². The molecule has 0 saturated carbocycles. The lowest BCUT2D eigenvalue weighted by Crippen LogP contribution is -2.29. The number of hydrogen-bond donors (Lipinski definition) is 1. The van der Waals surface area contributed by atoms with Crippen molar-refractivity contribution in [3.8, 4) is 11.4 Å². The van der Waals surface area contributed by atoms with E-state index in [1.165, 1.54) is 11.0 Å². The number of rotatable bonds is 6. The summed E-state index contributed by atoms with van der Waals surface area (Å²) in [5.41, 5.74) is 0.752. The van der Waals surface area contributed by atoms with E-state index in [4.69, 9.17) is 4.74 Å². The summed E-state index contributed by atoms with van der Waals surface area (Å²) in [5, 5.41) is 22.0. The van der Waals surface area contributed by atoms with Gasteiger partial charge < -0.3 is 14.6 Å². The highest BCUT2D eigenvalue weighted by atomic mass is 16.5. The van der Waals surface area contributed by atoms with Gasteiger partial charge in [0.2, 0.25) is 0 Å². The first-order valence-electron chi connectivity index (χ1n) is 7.93. The molecule has 1 aliphatic rings. The highest BCUT2D eigenvalue weighted by molar-refractivity contribution is 5.77. The second-order valence-electron chi connectivity index (χ2n) is 5.60. The molecule has 10 heteroatoms. The molecular weight excluding hydrogens is 324 g/mol. The minimum absolute atomic E-state index is 0.0833. The molecule has 3 aromatic rings. The molecule has 1 aromatic carbocycles. The van der Waals surface area contributed by atoms with Gasteiger partial charge in [0.15, 0.2) is 12.4 Å². The van der Waals surface area contributed by atoms with E-state index in [1.807, 2.05) is 12.1 Å². The predicted octanol–water partition coefficient (Wildman–Crippen LogP) is -0.105. The molecule has 0 radical (unpaired) electrons. The second kappa shape index (κ2) is 6.67. The summed E-state index contributed by atoms with van der Waals surface area (Å²) in [5.74, 6) is 2.11. The van der Waals surface area contributed by atoms with Gasteiger partial charge in [0.05, 0.1) is 12.2 Å². The highest BCUT2D eigenvalue weighted by Gasteiger charge is 2.17. The van der Waals surface area contributed by atoms with Gasteiger partial charge in [-0.2, -0.15) is 0 Å². The quantitative estimate of drug-likeness (QED) is 0.666. The summed E-state index contributed by atoms with van der Waals surface area (Å²) in [4.78, 5) is 12.0. The molecule has 0 saturated heterocycles. The Morgan fingerprint density at radius 2 is 2.28 bits per heavy atom. The third kappa shape index (κ3) is 3.32. The first-order valence-corrected chi connectivity index (χ1v) is 7.93. The molecule has 0 aliphatic carbocycles. The lowest BCUT2D eigenvalue weighted by molar-refractivity contribution is -0.123. The SMILES string of the molecule is O=C(COc1cccc(-n2cnnn2)c1)NCc1nnc2n1CCC2. The van der Waals surface area contributed by atoms with E-state index in [2.05, 4.69) is 35.6 Å². The smallest absolute Gasteiger partial charge is 0.258 e. The van der Waals surface area contributed by atoms with E-state index >= 15 is 0 Å². The molecule has 1 amide bonds. The lowest BCUT2D eigenvalue weighted by Gasteiger charge is -2.08. The van der Waals surface area contributed by atoms with E-state index in [0.717, 1.165) is 36.7 Å². The molecule has 0 unspecified atom stereocenters. The van der Waals surface area contributed by atoms with Gasteiger partial charge in [-0.05, 0) is 29.0 Å². The zero-order valence-corrected chi connectivity index (χ0v) is 13.4. The summed E-state index contributed by atoms with van der Waals surface area (Å²) in [6, 6.07) is 7.18. The maximum Gasteiger partial charge on any atom is 0.258 e. The predicted molar refractivity (Wildman–Crippen MR) is 84.8 cm³/mol. The normalized spacial score (nSPS) is 12.8. The van der Waals surface area contributed by atoms with Gasteiger partial charge >= 0.3 is 0 Å². The van der Waals surface area contributed by atoms with Crippen LogP contribution in [0.25, 0.3) is 5.69 Å². The summed E-state index contributed by atoms with van der Waals surface area (Å²) in [6.45, 7) is 1.17. The Hall–Kier alpha value is -3.30. The summed E-state index contributed by atoms with van der Waals surface area (Å²) in [6.07, 6.45) is 3.51. The van der Waals surface area contributed by atoms with Gasteiger partial charge in [0, 0.05) is 19.0 Å². The molecule has 4 rings (SSSR count). The number of ether oxygens (including phenoxy) is 1. The molecule has 0 spiro atoms. The number of aryl methyl sites for hydroxylation is 1. The molecule has 25 heavy (non-hydrogen) atoms. The Bertz CT molecular complexity index is 874. The third-order valence-corrected chi connectivity index (χ3v) is 3.93. The number of tetrazole rings is 1. The van der Waals surface area contributed by atoms with Crippen LogP contribution in [0.1, 0.15) is 18.1 Å². The maximum absolute atomic E-state index is 12.0. The molecule has 10 nitrogen and oxygen atoms in total. The van der Waals surface area contributed by atoms with Gasteiger partial charge in [0.1, 0.15) is 17.9 Å². The monoisotopic (exact) mass is 340 g/mol. The highest BCUT2D eigenvalue weighted by Crippen LogP contribution is 2.16. The Kier molecular flexibility index (Phi) is 4.07. The summed E-state index contributed by atoms with van der Waals surface area (Å²) in [7, 11) is 0. The summed E-state index contributed by atoms with van der Waals surface area (Å²) >= 11 is 0. The van der Waals surface area contributed by atoms with Crippen molar-refractivity contribution in [2.45, 2.75) is 25.9 Å². The van der Waals surface area contributed by atoms with Crippen LogP contribution in [0.5, 0.6) is 5.75 Å². The minimum atomic E-state index is -0.219. The molecule has 0 atom stereocenters. The molecule has 0 fully saturated rings. The fourth-order valence-electron chi connectivity index (χ4n) is 2.71. The molecule has 128 valence electrons. The van der Waals surface area contributed by atoms with E-state index in [0.29, 0.717) is 12.3 Å². The van der Waals surface area contributed by atoms with Gasteiger partial charge in [-0.3, -0.25) is 4.79 Å². The van der Waals surface area contributed by atoms with Crippen molar-refractivity contribution in [1.82, 2.24) is 40.3 Å². The number of nitrogens with one attached hydrogen (secondary N) is 1. The molecule has 2 aromatic heterocycles. The van der Waals surface area contributed by atoms with Crippen molar-refractivity contribution in [2.75, 3.05) is 6.61 Å². The van der Waals surface area contributed by atoms with E-state index in [9.17, 15) is 4.79 Å². The van der Waals surface area contributed by atoms with E-state index in [-0.39, 0.29) is 12.5 Å². The van der Waals surface area contributed by atoms with Crippen molar-refractivity contribution in [3.63, 3.8) is 0 Å². The number of carbonyl (C=O) groups excluding carboxylic acids is 1. The average Bonchev–Trinajstić information content (AvgIpc) is 3.36. The number of benzene rings is 1. The topological polar surface area (TPSA) is 113 Å². The van der Waals surface area contributed by atoms with Crippen molar-refractivity contribution < 1.29 is 9.53 Å². The van der Waals surface area contributed by atoms with Crippen LogP contribution in [0.2, 0.25) is 0 Å². The largest absolute Gasteiger partial charge is 0.484 e. The fraction of sp³-hybridized carbons (Fsp3) is 0.333. The number of aromatic nitrogens is 7. The van der Waals surface area contributed by atoms with E-state index in [1.54, 1.807) is 12.1 Å². The first-order chi connectivity index (χ1) is 12.3. The Labute approximate surface area is 142 Å². The van der Waals surface area contributed by atoms with Crippen LogP contribution in [0.4, 0.5) is 0 Å². The molecule has 1 aliphatic heterocycles.